The fourth-order valence-corrected chi connectivity index (χ4v) is 3.43. The van der Waals surface area contributed by atoms with Gasteiger partial charge in [-0.1, -0.05) is 12.1 Å². The van der Waals surface area contributed by atoms with Crippen LogP contribution in [0.25, 0.3) is 6.08 Å². The molecule has 98 valence electrons. The summed E-state index contributed by atoms with van der Waals surface area (Å²) in [5, 5.41) is 0. The Balaban J connectivity index is 2.42. The Bertz CT molecular complexity index is 588. The van der Waals surface area contributed by atoms with Crippen molar-refractivity contribution in [1.29, 1.82) is 0 Å². The molecule has 2 N–H and O–H groups in total. The Kier molecular flexibility index (Phi) is 3.56. The minimum atomic E-state index is -3.39. The van der Waals surface area contributed by atoms with Crippen molar-refractivity contribution < 1.29 is 13.2 Å². The molecule has 0 spiro atoms. The number of sulfone groups is 1. The highest BCUT2D eigenvalue weighted by Crippen LogP contribution is 2.34. The summed E-state index contributed by atoms with van der Waals surface area (Å²) in [6.07, 6.45) is 1.67. The summed E-state index contributed by atoms with van der Waals surface area (Å²) >= 11 is 0. The summed E-state index contributed by atoms with van der Waals surface area (Å²) in [5.74, 6) is 0. The summed E-state index contributed by atoms with van der Waals surface area (Å²) in [6.45, 7) is 4.19. The molecule has 0 saturated heterocycles. The first-order valence-corrected chi connectivity index (χ1v) is 7.34. The van der Waals surface area contributed by atoms with Crippen LogP contribution in [0.4, 0.5) is 0 Å². The van der Waals surface area contributed by atoms with Crippen LogP contribution in [0.15, 0.2) is 28.0 Å². The largest absolute Gasteiger partial charge is 0.373 e. The molecule has 4 nitrogen and oxygen atoms in total. The van der Waals surface area contributed by atoms with E-state index in [9.17, 15) is 8.42 Å². The van der Waals surface area contributed by atoms with Crippen molar-refractivity contribution in [1.82, 2.24) is 0 Å². The van der Waals surface area contributed by atoms with E-state index < -0.39 is 9.84 Å². The maximum Gasteiger partial charge on any atom is 0.205 e. The Morgan fingerprint density at radius 3 is 2.67 bits per heavy atom. The number of rotatable bonds is 4. The topological polar surface area (TPSA) is 69.4 Å². The molecule has 0 unspecified atom stereocenters. The average molecular weight is 267 g/mol. The minimum absolute atomic E-state index is 0.00112. The van der Waals surface area contributed by atoms with Crippen LogP contribution in [0.1, 0.15) is 25.0 Å². The zero-order valence-corrected chi connectivity index (χ0v) is 11.3. The van der Waals surface area contributed by atoms with Gasteiger partial charge in [-0.2, -0.15) is 0 Å². The molecule has 2 rings (SSSR count). The van der Waals surface area contributed by atoms with E-state index in [0.717, 1.165) is 5.56 Å². The number of hydrogen-bond donors (Lipinski definition) is 1. The monoisotopic (exact) mass is 267 g/mol. The van der Waals surface area contributed by atoms with Crippen molar-refractivity contribution >= 4 is 15.9 Å². The van der Waals surface area contributed by atoms with Crippen molar-refractivity contribution in [2.75, 3.05) is 6.61 Å². The normalized spacial score (nSPS) is 16.8. The molecular weight excluding hydrogens is 250 g/mol. The Hall–Kier alpha value is -1.17. The van der Waals surface area contributed by atoms with E-state index in [0.29, 0.717) is 21.9 Å². The smallest absolute Gasteiger partial charge is 0.205 e. The highest BCUT2D eigenvalue weighted by molar-refractivity contribution is 7.95. The molecule has 5 heteroatoms. The van der Waals surface area contributed by atoms with Gasteiger partial charge >= 0.3 is 0 Å². The fourth-order valence-electron chi connectivity index (χ4n) is 1.91. The fraction of sp³-hybridized carbons (Fsp3) is 0.385. The summed E-state index contributed by atoms with van der Waals surface area (Å²) in [5.41, 5.74) is 7.18. The maximum absolute atomic E-state index is 12.3. The molecule has 0 fully saturated rings. The third kappa shape index (κ3) is 2.21. The Morgan fingerprint density at radius 1 is 1.33 bits per heavy atom. The van der Waals surface area contributed by atoms with Crippen LogP contribution in [0, 0.1) is 0 Å². The third-order valence-electron chi connectivity index (χ3n) is 2.88. The summed E-state index contributed by atoms with van der Waals surface area (Å²) in [7, 11) is -3.39. The second-order valence-corrected chi connectivity index (χ2v) is 6.48. The summed E-state index contributed by atoms with van der Waals surface area (Å²) in [4.78, 5) is 0.653. The molecule has 0 aliphatic carbocycles. The first-order valence-electron chi connectivity index (χ1n) is 5.86. The van der Waals surface area contributed by atoms with Crippen molar-refractivity contribution in [3.05, 3.63) is 34.2 Å². The zero-order chi connectivity index (χ0) is 13.3. The van der Waals surface area contributed by atoms with Crippen molar-refractivity contribution in [3.63, 3.8) is 0 Å². The second-order valence-electron chi connectivity index (χ2n) is 4.51. The van der Waals surface area contributed by atoms with Crippen LogP contribution < -0.4 is 5.73 Å². The van der Waals surface area contributed by atoms with E-state index in [1.807, 2.05) is 19.9 Å². The zero-order valence-electron chi connectivity index (χ0n) is 10.5. The SMILES string of the molecule is CC(C)OCC1=Cc2c(CN)cccc2S1(=O)=O. The molecule has 0 aromatic heterocycles. The molecule has 0 bridgehead atoms. The lowest BCUT2D eigenvalue weighted by atomic mass is 10.1. The highest BCUT2D eigenvalue weighted by Gasteiger charge is 2.30. The number of nitrogens with two attached hydrogens (primary N) is 1. The van der Waals surface area contributed by atoms with Crippen LogP contribution >= 0.6 is 0 Å². The molecular formula is C13H17NO3S. The van der Waals surface area contributed by atoms with Gasteiger partial charge in [-0.05, 0) is 37.1 Å². The molecule has 1 heterocycles. The predicted octanol–water partition coefficient (Wildman–Crippen LogP) is 1.70. The molecule has 0 radical (unpaired) electrons. The Morgan fingerprint density at radius 2 is 2.06 bits per heavy atom. The van der Waals surface area contributed by atoms with Gasteiger partial charge in [0, 0.05) is 6.54 Å². The van der Waals surface area contributed by atoms with E-state index in [2.05, 4.69) is 0 Å². The van der Waals surface area contributed by atoms with Crippen LogP contribution in [-0.4, -0.2) is 21.1 Å². The van der Waals surface area contributed by atoms with Crippen LogP contribution in [0.3, 0.4) is 0 Å². The van der Waals surface area contributed by atoms with E-state index in [1.54, 1.807) is 18.2 Å². The van der Waals surface area contributed by atoms with Gasteiger partial charge in [0.15, 0.2) is 0 Å². The van der Waals surface area contributed by atoms with E-state index in [4.69, 9.17) is 10.5 Å². The predicted molar refractivity (Wildman–Crippen MR) is 70.6 cm³/mol. The van der Waals surface area contributed by atoms with Crippen LogP contribution in [0.2, 0.25) is 0 Å². The van der Waals surface area contributed by atoms with Crippen LogP contribution in [-0.2, 0) is 21.1 Å². The van der Waals surface area contributed by atoms with Gasteiger partial charge < -0.3 is 10.5 Å². The molecule has 0 saturated carbocycles. The first kappa shape index (κ1) is 13.3. The Labute approximate surface area is 107 Å². The molecule has 1 aromatic rings. The number of ether oxygens (including phenoxy) is 1. The molecule has 1 aliphatic heterocycles. The van der Waals surface area contributed by atoms with Gasteiger partial charge in [0.05, 0.1) is 22.5 Å². The van der Waals surface area contributed by atoms with Crippen molar-refractivity contribution in [2.24, 2.45) is 5.73 Å². The van der Waals surface area contributed by atoms with Gasteiger partial charge in [-0.15, -0.1) is 0 Å². The average Bonchev–Trinajstić information content (AvgIpc) is 2.58. The van der Waals surface area contributed by atoms with Crippen molar-refractivity contribution in [3.8, 4) is 0 Å². The van der Waals surface area contributed by atoms with Gasteiger partial charge in [0.25, 0.3) is 0 Å². The number of hydrogen-bond acceptors (Lipinski definition) is 4. The second kappa shape index (κ2) is 4.84. The number of fused-ring (bicyclic) bond motifs is 1. The number of benzene rings is 1. The summed E-state index contributed by atoms with van der Waals surface area (Å²) in [6, 6.07) is 5.18. The van der Waals surface area contributed by atoms with E-state index >= 15 is 0 Å². The van der Waals surface area contributed by atoms with Gasteiger partial charge in [-0.3, -0.25) is 0 Å². The lowest BCUT2D eigenvalue weighted by Gasteiger charge is -2.08. The standard InChI is InChI=1S/C13H17NO3S/c1-9(2)17-8-11-6-12-10(7-14)4-3-5-13(12)18(11,15)16/h3-6,9H,7-8,14H2,1-2H3. The first-order chi connectivity index (χ1) is 8.46. The van der Waals surface area contributed by atoms with E-state index in [1.165, 1.54) is 0 Å². The van der Waals surface area contributed by atoms with Crippen molar-refractivity contribution in [2.45, 2.75) is 31.4 Å². The quantitative estimate of drug-likeness (QED) is 0.901. The molecule has 1 aromatic carbocycles. The van der Waals surface area contributed by atoms with Gasteiger partial charge in [0.2, 0.25) is 9.84 Å². The molecule has 0 atom stereocenters. The van der Waals surface area contributed by atoms with Gasteiger partial charge in [-0.25, -0.2) is 8.42 Å². The van der Waals surface area contributed by atoms with Crippen LogP contribution in [0.5, 0.6) is 0 Å². The summed E-state index contributed by atoms with van der Waals surface area (Å²) < 4.78 is 29.9. The molecule has 18 heavy (non-hydrogen) atoms. The molecule has 0 amide bonds. The third-order valence-corrected chi connectivity index (χ3v) is 4.74. The van der Waals surface area contributed by atoms with Gasteiger partial charge in [0.1, 0.15) is 0 Å². The lowest BCUT2D eigenvalue weighted by Crippen LogP contribution is -2.11. The lowest BCUT2D eigenvalue weighted by molar-refractivity contribution is 0.101. The molecule has 1 aliphatic rings. The van der Waals surface area contributed by atoms with E-state index in [-0.39, 0.29) is 12.7 Å². The highest BCUT2D eigenvalue weighted by atomic mass is 32.2. The minimum Gasteiger partial charge on any atom is -0.373 e. The maximum atomic E-state index is 12.3.